The molecule has 1 saturated heterocycles. The quantitative estimate of drug-likeness (QED) is 0.847. The Morgan fingerprint density at radius 3 is 2.57 bits per heavy atom. The van der Waals surface area contributed by atoms with Crippen LogP contribution in [0.25, 0.3) is 11.0 Å². The molecule has 0 saturated carbocycles. The molecule has 1 fully saturated rings. The fraction of sp³-hybridized carbons (Fsp3) is 0.462. The van der Waals surface area contributed by atoms with E-state index in [1.54, 1.807) is 0 Å². The molecule has 2 N–H and O–H groups in total. The van der Waals surface area contributed by atoms with E-state index in [1.165, 1.54) is 19.9 Å². The van der Waals surface area contributed by atoms with Crippen molar-refractivity contribution in [1.82, 2.24) is 5.16 Å². The van der Waals surface area contributed by atoms with Crippen molar-refractivity contribution in [3.63, 3.8) is 0 Å². The number of benzene rings is 1. The van der Waals surface area contributed by atoms with Crippen molar-refractivity contribution >= 4 is 16.8 Å². The van der Waals surface area contributed by atoms with Gasteiger partial charge in [-0.25, -0.2) is 4.39 Å². The van der Waals surface area contributed by atoms with Crippen LogP contribution in [-0.4, -0.2) is 29.2 Å². The Bertz CT molecular complexity index is 675. The molecule has 0 bridgehead atoms. The summed E-state index contributed by atoms with van der Waals surface area (Å²) in [5.41, 5.74) is -1.70. The average molecular weight is 300 g/mol. The van der Waals surface area contributed by atoms with Crippen molar-refractivity contribution in [2.24, 2.45) is 0 Å². The number of hydrogen-bond acceptors (Lipinski definition) is 6. The fourth-order valence-electron chi connectivity index (χ4n) is 2.12. The van der Waals surface area contributed by atoms with Crippen LogP contribution in [0.3, 0.4) is 0 Å². The first-order valence-corrected chi connectivity index (χ1v) is 6.38. The van der Waals surface area contributed by atoms with E-state index in [-0.39, 0.29) is 22.4 Å². The molecular weight excluding hydrogens is 286 g/mol. The number of aromatic nitrogens is 1. The number of halogens is 2. The third-order valence-corrected chi connectivity index (χ3v) is 2.97. The zero-order chi connectivity index (χ0) is 15.2. The molecule has 0 unspecified atom stereocenters. The summed E-state index contributed by atoms with van der Waals surface area (Å²) in [7, 11) is 0. The lowest BCUT2D eigenvalue weighted by molar-refractivity contribution is -0.0467. The van der Waals surface area contributed by atoms with Crippen molar-refractivity contribution in [3.05, 3.63) is 23.3 Å². The molecule has 114 valence electrons. The molecule has 3 rings (SSSR count). The molecule has 1 aromatic carbocycles. The lowest BCUT2D eigenvalue weighted by Gasteiger charge is -2.18. The van der Waals surface area contributed by atoms with E-state index >= 15 is 0 Å². The van der Waals surface area contributed by atoms with E-state index < -0.39 is 23.6 Å². The van der Waals surface area contributed by atoms with Gasteiger partial charge in [-0.2, -0.15) is 4.39 Å². The molecular formula is C13H14F2N2O4. The van der Waals surface area contributed by atoms with Crippen LogP contribution in [0, 0.1) is 11.6 Å². The Kier molecular flexibility index (Phi) is 3.31. The molecule has 2 heterocycles. The van der Waals surface area contributed by atoms with Crippen molar-refractivity contribution in [3.8, 4) is 0 Å². The minimum absolute atomic E-state index is 0.0699. The third kappa shape index (κ3) is 2.57. The summed E-state index contributed by atoms with van der Waals surface area (Å²) in [4.78, 5) is 0. The maximum atomic E-state index is 14.0. The van der Waals surface area contributed by atoms with Gasteiger partial charge in [-0.1, -0.05) is 5.16 Å². The smallest absolute Gasteiger partial charge is 0.207 e. The molecule has 0 atom stereocenters. The summed E-state index contributed by atoms with van der Waals surface area (Å²) in [5.74, 6) is -2.16. The molecule has 2 aromatic rings. The highest BCUT2D eigenvalue weighted by atomic mass is 19.2. The number of nitrogens with one attached hydrogen (secondary N) is 1. The highest BCUT2D eigenvalue weighted by Crippen LogP contribution is 2.35. The third-order valence-electron chi connectivity index (χ3n) is 2.97. The monoisotopic (exact) mass is 300 g/mol. The Hall–Kier alpha value is -1.77. The second-order valence-electron chi connectivity index (χ2n) is 5.26. The van der Waals surface area contributed by atoms with Crippen LogP contribution in [0.1, 0.15) is 25.7 Å². The maximum absolute atomic E-state index is 14.0. The first-order valence-electron chi connectivity index (χ1n) is 6.38. The molecule has 8 heteroatoms. The summed E-state index contributed by atoms with van der Waals surface area (Å²) in [6.45, 7) is 3.58. The Balaban J connectivity index is 2.12. The molecule has 6 nitrogen and oxygen atoms in total. The Morgan fingerprint density at radius 2 is 1.95 bits per heavy atom. The van der Waals surface area contributed by atoms with Gasteiger partial charge in [0.25, 0.3) is 0 Å². The molecule has 0 amide bonds. The van der Waals surface area contributed by atoms with Crippen LogP contribution >= 0.6 is 0 Å². The van der Waals surface area contributed by atoms with Gasteiger partial charge in [-0.05, 0) is 19.9 Å². The minimum atomic E-state index is -1.30. The number of hydrogen-bond donors (Lipinski definition) is 2. The van der Waals surface area contributed by atoms with Crippen molar-refractivity contribution in [2.75, 3.05) is 18.5 Å². The molecule has 0 aliphatic carbocycles. The van der Waals surface area contributed by atoms with Crippen LogP contribution < -0.4 is 5.32 Å². The predicted molar refractivity (Wildman–Crippen MR) is 68.5 cm³/mol. The summed E-state index contributed by atoms with van der Waals surface area (Å²) < 4.78 is 43.3. The zero-order valence-corrected chi connectivity index (χ0v) is 11.4. The van der Waals surface area contributed by atoms with E-state index in [0.29, 0.717) is 13.2 Å². The Labute approximate surface area is 118 Å². The summed E-state index contributed by atoms with van der Waals surface area (Å²) >= 11 is 0. The van der Waals surface area contributed by atoms with Crippen LogP contribution in [0.4, 0.5) is 14.6 Å². The summed E-state index contributed by atoms with van der Waals surface area (Å²) in [5, 5.41) is 16.2. The zero-order valence-electron chi connectivity index (χ0n) is 11.4. The number of nitrogens with zero attached hydrogens (tertiary/aromatic N) is 1. The van der Waals surface area contributed by atoms with Gasteiger partial charge < -0.3 is 24.4 Å². The first kappa shape index (κ1) is 14.2. The van der Waals surface area contributed by atoms with E-state index in [1.807, 2.05) is 0 Å². The SMILES string of the molecule is CC(C)(O)Nc1noc2c(F)c(F)c(C3OCCO3)cc12. The van der Waals surface area contributed by atoms with Crippen molar-refractivity contribution < 1.29 is 27.9 Å². The molecule has 0 spiro atoms. The lowest BCUT2D eigenvalue weighted by atomic mass is 10.1. The van der Waals surface area contributed by atoms with Crippen molar-refractivity contribution in [2.45, 2.75) is 25.9 Å². The second kappa shape index (κ2) is 4.90. The summed E-state index contributed by atoms with van der Waals surface area (Å²) in [6, 6.07) is 1.34. The number of ether oxygens (including phenoxy) is 2. The van der Waals surface area contributed by atoms with E-state index in [0.717, 1.165) is 0 Å². The van der Waals surface area contributed by atoms with E-state index in [2.05, 4.69) is 10.5 Å². The molecule has 1 aromatic heterocycles. The van der Waals surface area contributed by atoms with Crippen LogP contribution in [0.5, 0.6) is 0 Å². The normalized spacial score (nSPS) is 16.8. The van der Waals surface area contributed by atoms with Gasteiger partial charge in [0.05, 0.1) is 18.6 Å². The molecule has 1 aliphatic rings. The van der Waals surface area contributed by atoms with Gasteiger partial charge in [0.15, 0.2) is 17.9 Å². The fourth-order valence-corrected chi connectivity index (χ4v) is 2.12. The number of fused-ring (bicyclic) bond motifs is 1. The Morgan fingerprint density at radius 1 is 1.29 bits per heavy atom. The maximum Gasteiger partial charge on any atom is 0.207 e. The standard InChI is InChI=1S/C13H14F2N2O4/c1-13(2,18)16-11-7-5-6(12-19-3-4-20-12)8(14)9(15)10(7)21-17-11/h5,12,18H,3-4H2,1-2H3,(H,16,17). The minimum Gasteiger partial charge on any atom is -0.372 e. The van der Waals surface area contributed by atoms with E-state index in [4.69, 9.17) is 14.0 Å². The van der Waals surface area contributed by atoms with Gasteiger partial charge in [-0.3, -0.25) is 0 Å². The van der Waals surface area contributed by atoms with Gasteiger partial charge in [0, 0.05) is 5.56 Å². The van der Waals surface area contributed by atoms with Crippen LogP contribution in [-0.2, 0) is 9.47 Å². The van der Waals surface area contributed by atoms with Crippen LogP contribution in [0.15, 0.2) is 10.6 Å². The topological polar surface area (TPSA) is 76.8 Å². The molecule has 0 radical (unpaired) electrons. The highest BCUT2D eigenvalue weighted by Gasteiger charge is 2.29. The lowest BCUT2D eigenvalue weighted by Crippen LogP contribution is -2.30. The van der Waals surface area contributed by atoms with Gasteiger partial charge in [-0.15, -0.1) is 0 Å². The first-order chi connectivity index (χ1) is 9.87. The molecule has 1 aliphatic heterocycles. The van der Waals surface area contributed by atoms with Gasteiger partial charge in [0.2, 0.25) is 11.4 Å². The van der Waals surface area contributed by atoms with Crippen molar-refractivity contribution in [1.29, 1.82) is 0 Å². The average Bonchev–Trinajstić information content (AvgIpc) is 3.02. The largest absolute Gasteiger partial charge is 0.372 e. The number of aliphatic hydroxyl groups is 1. The predicted octanol–water partition coefficient (Wildman–Crippen LogP) is 2.29. The van der Waals surface area contributed by atoms with Gasteiger partial charge >= 0.3 is 0 Å². The highest BCUT2D eigenvalue weighted by molar-refractivity contribution is 5.89. The number of anilines is 1. The van der Waals surface area contributed by atoms with Gasteiger partial charge in [0.1, 0.15) is 5.72 Å². The summed E-state index contributed by atoms with van der Waals surface area (Å²) in [6.07, 6.45) is -0.964. The van der Waals surface area contributed by atoms with Crippen LogP contribution in [0.2, 0.25) is 0 Å². The number of rotatable bonds is 3. The molecule has 21 heavy (non-hydrogen) atoms. The van der Waals surface area contributed by atoms with E-state index in [9.17, 15) is 13.9 Å². The second-order valence-corrected chi connectivity index (χ2v) is 5.26.